The quantitative estimate of drug-likeness (QED) is 0.387. The number of carbonyl (C=O) groups is 1. The molecule has 3 N–H and O–H groups in total. The number of halogens is 5. The van der Waals surface area contributed by atoms with Gasteiger partial charge < -0.3 is 11.1 Å². The fraction of sp³-hybridized carbons (Fsp3) is 0.333. The van der Waals surface area contributed by atoms with Crippen molar-refractivity contribution in [3.63, 3.8) is 0 Å². The van der Waals surface area contributed by atoms with Gasteiger partial charge in [-0.15, -0.1) is 0 Å². The summed E-state index contributed by atoms with van der Waals surface area (Å²) in [5.74, 6) is -13.5. The summed E-state index contributed by atoms with van der Waals surface area (Å²) in [6, 6.07) is 0. The number of rotatable bonds is 4. The van der Waals surface area contributed by atoms with E-state index in [1.807, 2.05) is 0 Å². The largest absolute Gasteiger partial charge is 0.393 e. The summed E-state index contributed by atoms with van der Waals surface area (Å²) < 4.78 is 65.7. The predicted molar refractivity (Wildman–Crippen MR) is 70.0 cm³/mol. The fourth-order valence-corrected chi connectivity index (χ4v) is 2.06. The van der Waals surface area contributed by atoms with Crippen molar-refractivity contribution < 1.29 is 26.7 Å². The maximum atomic E-state index is 13.4. The molecule has 116 valence electrons. The van der Waals surface area contributed by atoms with Crippen LogP contribution >= 0.6 is 12.2 Å². The maximum absolute atomic E-state index is 13.4. The normalized spacial score (nSPS) is 12.4. The van der Waals surface area contributed by atoms with Crippen LogP contribution in [-0.4, -0.2) is 10.9 Å². The van der Waals surface area contributed by atoms with E-state index in [0.717, 1.165) is 0 Å². The monoisotopic (exact) mass is 326 g/mol. The molecule has 0 aromatic heterocycles. The van der Waals surface area contributed by atoms with Crippen molar-refractivity contribution in [1.29, 1.82) is 0 Å². The molecule has 1 atom stereocenters. The van der Waals surface area contributed by atoms with E-state index in [1.54, 1.807) is 19.2 Å². The first-order valence-corrected chi connectivity index (χ1v) is 6.12. The second-order valence-electron chi connectivity index (χ2n) is 4.56. The van der Waals surface area contributed by atoms with Gasteiger partial charge in [0.05, 0.1) is 10.9 Å². The van der Waals surface area contributed by atoms with Crippen molar-refractivity contribution in [1.82, 2.24) is 0 Å². The molecular weight excluding hydrogens is 315 g/mol. The first-order valence-electron chi connectivity index (χ1n) is 5.71. The van der Waals surface area contributed by atoms with E-state index >= 15 is 0 Å². The molecule has 1 amide bonds. The maximum Gasteiger partial charge on any atom is 0.234 e. The van der Waals surface area contributed by atoms with Gasteiger partial charge in [0.2, 0.25) is 11.7 Å². The Kier molecular flexibility index (Phi) is 5.21. The zero-order valence-electron chi connectivity index (χ0n) is 10.9. The second kappa shape index (κ2) is 6.33. The van der Waals surface area contributed by atoms with Crippen molar-refractivity contribution in [2.75, 3.05) is 5.32 Å². The van der Waals surface area contributed by atoms with Crippen LogP contribution in [0.2, 0.25) is 0 Å². The van der Waals surface area contributed by atoms with Crippen molar-refractivity contribution in [3.05, 3.63) is 29.1 Å². The van der Waals surface area contributed by atoms with E-state index in [-0.39, 0.29) is 4.99 Å². The Morgan fingerprint density at radius 2 is 1.38 bits per heavy atom. The highest BCUT2D eigenvalue weighted by molar-refractivity contribution is 7.80. The molecule has 3 nitrogen and oxygen atoms in total. The molecule has 1 aromatic rings. The van der Waals surface area contributed by atoms with Crippen molar-refractivity contribution in [2.45, 2.75) is 13.8 Å². The van der Waals surface area contributed by atoms with Gasteiger partial charge in [-0.1, -0.05) is 26.1 Å². The highest BCUT2D eigenvalue weighted by Crippen LogP contribution is 2.28. The average Bonchev–Trinajstić information content (AvgIpc) is 2.38. The van der Waals surface area contributed by atoms with Gasteiger partial charge in [0.1, 0.15) is 5.69 Å². The molecule has 0 bridgehead atoms. The zero-order valence-corrected chi connectivity index (χ0v) is 11.8. The minimum Gasteiger partial charge on any atom is -0.393 e. The third-order valence-corrected chi connectivity index (χ3v) is 2.97. The van der Waals surface area contributed by atoms with Gasteiger partial charge in [-0.25, -0.2) is 22.0 Å². The number of nitrogens with two attached hydrogens (primary N) is 1. The predicted octanol–water partition coefficient (Wildman–Crippen LogP) is 2.88. The van der Waals surface area contributed by atoms with Gasteiger partial charge in [0.15, 0.2) is 23.3 Å². The summed E-state index contributed by atoms with van der Waals surface area (Å²) in [6.07, 6.45) is 0. The molecule has 0 aliphatic carbocycles. The Labute approximate surface area is 122 Å². The number of amides is 1. The summed E-state index contributed by atoms with van der Waals surface area (Å²) in [5, 5.41) is 1.65. The molecule has 0 heterocycles. The summed E-state index contributed by atoms with van der Waals surface area (Å²) in [4.78, 5) is 11.6. The summed E-state index contributed by atoms with van der Waals surface area (Å²) in [6.45, 7) is 3.11. The van der Waals surface area contributed by atoms with Crippen LogP contribution in [0.5, 0.6) is 0 Å². The molecular formula is C12H11F5N2OS. The van der Waals surface area contributed by atoms with Crippen LogP contribution in [0.4, 0.5) is 27.6 Å². The number of hydrogen-bond acceptors (Lipinski definition) is 2. The average molecular weight is 326 g/mol. The smallest absolute Gasteiger partial charge is 0.234 e. The molecule has 0 saturated heterocycles. The lowest BCUT2D eigenvalue weighted by Gasteiger charge is -2.19. The van der Waals surface area contributed by atoms with E-state index < -0.39 is 52.5 Å². The molecule has 0 spiro atoms. The number of benzene rings is 1. The van der Waals surface area contributed by atoms with Crippen LogP contribution in [0.3, 0.4) is 0 Å². The van der Waals surface area contributed by atoms with Gasteiger partial charge in [0.25, 0.3) is 0 Å². The first-order chi connectivity index (χ1) is 9.59. The van der Waals surface area contributed by atoms with E-state index in [4.69, 9.17) is 5.73 Å². The molecule has 1 rings (SSSR count). The number of thiocarbonyl (C=S) groups is 1. The number of hydrogen-bond donors (Lipinski definition) is 2. The SMILES string of the molecule is CC(C)C(C(=O)Nc1c(F)c(F)c(F)c(F)c1F)C(N)=S. The standard InChI is InChI=1S/C12H11F5N2OS/c1-3(2)4(11(18)21)12(20)19-10-8(16)6(14)5(13)7(15)9(10)17/h3-4H,1-2H3,(H2,18,21)(H,19,20). The molecule has 0 fully saturated rings. The summed E-state index contributed by atoms with van der Waals surface area (Å²) in [5.41, 5.74) is 3.90. The van der Waals surface area contributed by atoms with Crippen LogP contribution in [0, 0.1) is 40.9 Å². The van der Waals surface area contributed by atoms with Crippen molar-refractivity contribution in [3.8, 4) is 0 Å². The third kappa shape index (κ3) is 3.29. The molecule has 0 aliphatic heterocycles. The van der Waals surface area contributed by atoms with Crippen LogP contribution in [-0.2, 0) is 4.79 Å². The lowest BCUT2D eigenvalue weighted by atomic mass is 9.95. The fourth-order valence-electron chi connectivity index (χ4n) is 1.68. The Balaban J connectivity index is 3.26. The highest BCUT2D eigenvalue weighted by Gasteiger charge is 2.30. The van der Waals surface area contributed by atoms with Crippen LogP contribution in [0.15, 0.2) is 0 Å². The van der Waals surface area contributed by atoms with E-state index in [2.05, 4.69) is 12.2 Å². The van der Waals surface area contributed by atoms with Crippen molar-refractivity contribution >= 4 is 28.8 Å². The van der Waals surface area contributed by atoms with E-state index in [9.17, 15) is 26.7 Å². The Morgan fingerprint density at radius 3 is 1.71 bits per heavy atom. The number of carbonyl (C=O) groups excluding carboxylic acids is 1. The molecule has 0 radical (unpaired) electrons. The number of anilines is 1. The van der Waals surface area contributed by atoms with Gasteiger partial charge >= 0.3 is 0 Å². The minimum absolute atomic E-state index is 0.258. The summed E-state index contributed by atoms with van der Waals surface area (Å²) >= 11 is 4.65. The summed E-state index contributed by atoms with van der Waals surface area (Å²) in [7, 11) is 0. The van der Waals surface area contributed by atoms with E-state index in [1.165, 1.54) is 0 Å². The topological polar surface area (TPSA) is 55.1 Å². The minimum atomic E-state index is -2.31. The molecule has 9 heteroatoms. The van der Waals surface area contributed by atoms with Gasteiger partial charge in [-0.2, -0.15) is 0 Å². The van der Waals surface area contributed by atoms with Crippen LogP contribution in [0.25, 0.3) is 0 Å². The second-order valence-corrected chi connectivity index (χ2v) is 5.03. The number of nitrogens with one attached hydrogen (secondary N) is 1. The molecule has 0 saturated carbocycles. The Morgan fingerprint density at radius 1 is 1.00 bits per heavy atom. The Bertz CT molecular complexity index is 577. The van der Waals surface area contributed by atoms with Gasteiger partial charge in [-0.3, -0.25) is 4.79 Å². The highest BCUT2D eigenvalue weighted by atomic mass is 32.1. The third-order valence-electron chi connectivity index (χ3n) is 2.71. The van der Waals surface area contributed by atoms with Crippen LogP contribution in [0.1, 0.15) is 13.8 Å². The lowest BCUT2D eigenvalue weighted by molar-refractivity contribution is -0.118. The molecule has 21 heavy (non-hydrogen) atoms. The van der Waals surface area contributed by atoms with Crippen LogP contribution < -0.4 is 11.1 Å². The lowest BCUT2D eigenvalue weighted by Crippen LogP contribution is -2.37. The van der Waals surface area contributed by atoms with Crippen molar-refractivity contribution in [2.24, 2.45) is 17.6 Å². The molecule has 1 unspecified atom stereocenters. The Hall–Kier alpha value is -1.77. The van der Waals surface area contributed by atoms with Gasteiger partial charge in [-0.05, 0) is 5.92 Å². The van der Waals surface area contributed by atoms with E-state index in [0.29, 0.717) is 0 Å². The zero-order chi connectivity index (χ0) is 16.5. The first kappa shape index (κ1) is 17.3. The van der Waals surface area contributed by atoms with Gasteiger partial charge in [0, 0.05) is 0 Å². The molecule has 0 aliphatic rings. The molecule has 1 aromatic carbocycles.